The maximum absolute atomic E-state index is 5.79. The molecule has 0 heterocycles. The van der Waals surface area contributed by atoms with Crippen molar-refractivity contribution in [3.63, 3.8) is 0 Å². The Morgan fingerprint density at radius 1 is 1.39 bits per heavy atom. The largest absolute Gasteiger partial charge is 0.497 e. The molecule has 0 bridgehead atoms. The highest BCUT2D eigenvalue weighted by Crippen LogP contribution is 2.14. The number of hydrogen-bond acceptors (Lipinski definition) is 3. The molecular weight excluding hydrogens is 228 g/mol. The van der Waals surface area contributed by atoms with E-state index in [-0.39, 0.29) is 0 Å². The van der Waals surface area contributed by atoms with Gasteiger partial charge in [0.25, 0.3) is 0 Å². The second-order valence-electron chi connectivity index (χ2n) is 4.02. The zero-order valence-corrected chi connectivity index (χ0v) is 11.3. The van der Waals surface area contributed by atoms with Crippen LogP contribution in [-0.2, 0) is 0 Å². The summed E-state index contributed by atoms with van der Waals surface area (Å²) in [5.74, 6) is 1.25. The number of guanidine groups is 1. The molecule has 1 aromatic rings. The van der Waals surface area contributed by atoms with E-state index in [9.17, 15) is 0 Å². The maximum Gasteiger partial charge on any atom is 0.193 e. The van der Waals surface area contributed by atoms with Crippen LogP contribution in [0.2, 0.25) is 0 Å². The summed E-state index contributed by atoms with van der Waals surface area (Å²) in [5.41, 5.74) is 6.70. The highest BCUT2D eigenvalue weighted by molar-refractivity contribution is 5.92. The number of nitrogens with one attached hydrogen (secondary N) is 1. The molecule has 0 amide bonds. The monoisotopic (exact) mass is 250 g/mol. The molecule has 0 aromatic heterocycles. The van der Waals surface area contributed by atoms with Gasteiger partial charge in [0.05, 0.1) is 13.7 Å². The molecule has 0 atom stereocenters. The molecule has 0 unspecified atom stereocenters. The molecule has 0 aliphatic heterocycles. The van der Waals surface area contributed by atoms with Crippen molar-refractivity contribution in [3.05, 3.63) is 24.3 Å². The molecule has 5 nitrogen and oxygen atoms in total. The summed E-state index contributed by atoms with van der Waals surface area (Å²) >= 11 is 0. The third kappa shape index (κ3) is 5.05. The second kappa shape index (κ2) is 7.55. The van der Waals surface area contributed by atoms with Gasteiger partial charge in [0, 0.05) is 12.2 Å². The number of aliphatic imine (C=N–C) groups is 1. The minimum Gasteiger partial charge on any atom is -0.497 e. The van der Waals surface area contributed by atoms with Crippen LogP contribution in [0.5, 0.6) is 5.75 Å². The van der Waals surface area contributed by atoms with Crippen molar-refractivity contribution in [2.75, 3.05) is 39.1 Å². The van der Waals surface area contributed by atoms with Gasteiger partial charge in [0.2, 0.25) is 0 Å². The second-order valence-corrected chi connectivity index (χ2v) is 4.02. The first-order valence-corrected chi connectivity index (χ1v) is 6.05. The van der Waals surface area contributed by atoms with Crippen molar-refractivity contribution < 1.29 is 4.74 Å². The molecule has 0 saturated carbocycles. The molecular formula is C13H22N4O. The quantitative estimate of drug-likeness (QED) is 0.591. The molecule has 18 heavy (non-hydrogen) atoms. The fraction of sp³-hybridized carbons (Fsp3) is 0.462. The van der Waals surface area contributed by atoms with Crippen molar-refractivity contribution in [2.45, 2.75) is 6.92 Å². The number of likely N-dealkylation sites (N-methyl/N-ethyl adjacent to an activating group) is 1. The van der Waals surface area contributed by atoms with Crippen molar-refractivity contribution >= 4 is 11.6 Å². The van der Waals surface area contributed by atoms with Gasteiger partial charge in [-0.25, -0.2) is 0 Å². The van der Waals surface area contributed by atoms with Gasteiger partial charge in [-0.15, -0.1) is 0 Å². The van der Waals surface area contributed by atoms with Crippen LogP contribution >= 0.6 is 0 Å². The minimum atomic E-state index is 0.435. The van der Waals surface area contributed by atoms with E-state index in [1.54, 1.807) is 7.11 Å². The summed E-state index contributed by atoms with van der Waals surface area (Å²) in [5, 5.41) is 3.04. The summed E-state index contributed by atoms with van der Waals surface area (Å²) in [4.78, 5) is 6.45. The molecule has 0 fully saturated rings. The standard InChI is InChI=1S/C13H22N4O/c1-4-17(2)10-9-15-13(14)16-11-5-7-12(18-3)8-6-11/h5-8H,4,9-10H2,1-3H3,(H3,14,15,16). The van der Waals surface area contributed by atoms with E-state index in [1.165, 1.54) is 0 Å². The predicted octanol–water partition coefficient (Wildman–Crippen LogP) is 1.37. The molecule has 0 saturated heterocycles. The number of rotatable bonds is 6. The van der Waals surface area contributed by atoms with Crippen LogP contribution in [0.1, 0.15) is 6.92 Å². The van der Waals surface area contributed by atoms with Gasteiger partial charge < -0.3 is 20.7 Å². The molecule has 100 valence electrons. The van der Waals surface area contributed by atoms with E-state index < -0.39 is 0 Å². The molecule has 1 aromatic carbocycles. The van der Waals surface area contributed by atoms with Gasteiger partial charge in [-0.3, -0.25) is 4.99 Å². The number of benzene rings is 1. The fourth-order valence-electron chi connectivity index (χ4n) is 1.36. The number of ether oxygens (including phenoxy) is 1. The maximum atomic E-state index is 5.79. The Balaban J connectivity index is 2.42. The molecule has 1 rings (SSSR count). The molecule has 3 N–H and O–H groups in total. The summed E-state index contributed by atoms with van der Waals surface area (Å²) in [6, 6.07) is 7.56. The molecule has 0 spiro atoms. The fourth-order valence-corrected chi connectivity index (χ4v) is 1.36. The van der Waals surface area contributed by atoms with Crippen LogP contribution in [0, 0.1) is 0 Å². The minimum absolute atomic E-state index is 0.435. The molecule has 5 heteroatoms. The van der Waals surface area contributed by atoms with Gasteiger partial charge in [0.1, 0.15) is 5.75 Å². The third-order valence-electron chi connectivity index (χ3n) is 2.67. The van der Waals surface area contributed by atoms with Gasteiger partial charge in [0.15, 0.2) is 5.96 Å². The van der Waals surface area contributed by atoms with Gasteiger partial charge >= 0.3 is 0 Å². The van der Waals surface area contributed by atoms with Crippen molar-refractivity contribution in [2.24, 2.45) is 10.7 Å². The Kier molecular flexibility index (Phi) is 6.00. The average Bonchev–Trinajstić information content (AvgIpc) is 2.39. The zero-order chi connectivity index (χ0) is 13.4. The summed E-state index contributed by atoms with van der Waals surface area (Å²) in [7, 11) is 3.70. The normalized spacial score (nSPS) is 11.7. The number of methoxy groups -OCH3 is 1. The number of hydrogen-bond donors (Lipinski definition) is 2. The van der Waals surface area contributed by atoms with Crippen LogP contribution in [0.25, 0.3) is 0 Å². The van der Waals surface area contributed by atoms with E-state index >= 15 is 0 Å². The topological polar surface area (TPSA) is 62.9 Å². The van der Waals surface area contributed by atoms with E-state index in [2.05, 4.69) is 29.2 Å². The molecule has 0 radical (unpaired) electrons. The number of nitrogens with two attached hydrogens (primary N) is 1. The van der Waals surface area contributed by atoms with Crippen LogP contribution in [0.4, 0.5) is 5.69 Å². The van der Waals surface area contributed by atoms with E-state index in [0.717, 1.165) is 24.5 Å². The highest BCUT2D eigenvalue weighted by atomic mass is 16.5. The first-order valence-electron chi connectivity index (χ1n) is 6.05. The van der Waals surface area contributed by atoms with Gasteiger partial charge in [-0.2, -0.15) is 0 Å². The lowest BCUT2D eigenvalue weighted by Gasteiger charge is -2.12. The highest BCUT2D eigenvalue weighted by Gasteiger charge is 1.97. The Morgan fingerprint density at radius 3 is 2.61 bits per heavy atom. The van der Waals surface area contributed by atoms with Gasteiger partial charge in [-0.1, -0.05) is 6.92 Å². The van der Waals surface area contributed by atoms with E-state index in [1.807, 2.05) is 24.3 Å². The van der Waals surface area contributed by atoms with Crippen molar-refractivity contribution in [3.8, 4) is 5.75 Å². The Bertz CT molecular complexity index is 375. The summed E-state index contributed by atoms with van der Waals surface area (Å²) in [6.07, 6.45) is 0. The number of nitrogens with zero attached hydrogens (tertiary/aromatic N) is 2. The Labute approximate surface area is 109 Å². The Hall–Kier alpha value is -1.75. The zero-order valence-electron chi connectivity index (χ0n) is 11.3. The van der Waals surface area contributed by atoms with E-state index in [0.29, 0.717) is 12.5 Å². The van der Waals surface area contributed by atoms with Crippen LogP contribution in [-0.4, -0.2) is 44.7 Å². The first kappa shape index (κ1) is 14.3. The summed E-state index contributed by atoms with van der Waals surface area (Å²) in [6.45, 7) is 4.73. The van der Waals surface area contributed by atoms with Crippen LogP contribution in [0.15, 0.2) is 29.3 Å². The predicted molar refractivity (Wildman–Crippen MR) is 76.3 cm³/mol. The lowest BCUT2D eigenvalue weighted by atomic mass is 10.3. The average molecular weight is 250 g/mol. The lowest BCUT2D eigenvalue weighted by molar-refractivity contribution is 0.363. The van der Waals surface area contributed by atoms with Gasteiger partial charge in [-0.05, 0) is 37.9 Å². The molecule has 0 aliphatic rings. The lowest BCUT2D eigenvalue weighted by Crippen LogP contribution is -2.26. The SMILES string of the molecule is CCN(C)CCN=C(N)Nc1ccc(OC)cc1. The first-order chi connectivity index (χ1) is 8.65. The third-order valence-corrected chi connectivity index (χ3v) is 2.67. The van der Waals surface area contributed by atoms with Crippen LogP contribution < -0.4 is 15.8 Å². The summed E-state index contributed by atoms with van der Waals surface area (Å²) < 4.78 is 5.08. The van der Waals surface area contributed by atoms with Crippen molar-refractivity contribution in [1.29, 1.82) is 0 Å². The van der Waals surface area contributed by atoms with E-state index in [4.69, 9.17) is 10.5 Å². The number of anilines is 1. The van der Waals surface area contributed by atoms with Crippen LogP contribution in [0.3, 0.4) is 0 Å². The molecule has 0 aliphatic carbocycles. The smallest absolute Gasteiger partial charge is 0.193 e. The Morgan fingerprint density at radius 2 is 2.06 bits per heavy atom. The van der Waals surface area contributed by atoms with Crippen molar-refractivity contribution in [1.82, 2.24) is 4.90 Å².